The van der Waals surface area contributed by atoms with Crippen molar-refractivity contribution in [2.45, 2.75) is 52.4 Å². The lowest BCUT2D eigenvalue weighted by Crippen LogP contribution is -2.24. The van der Waals surface area contributed by atoms with Gasteiger partial charge in [-0.2, -0.15) is 0 Å². The van der Waals surface area contributed by atoms with Crippen LogP contribution in [0.1, 0.15) is 51.5 Å². The minimum atomic E-state index is 0.677. The van der Waals surface area contributed by atoms with Gasteiger partial charge < -0.3 is 4.90 Å². The molecule has 1 saturated heterocycles. The lowest BCUT2D eigenvalue weighted by Gasteiger charge is -2.24. The molecule has 1 heterocycles. The zero-order valence-electron chi connectivity index (χ0n) is 12.5. The number of hydrogen-bond acceptors (Lipinski definition) is 1. The predicted octanol–water partition coefficient (Wildman–Crippen LogP) is 4.66. The number of benzene rings is 1. The van der Waals surface area contributed by atoms with Crippen molar-refractivity contribution < 1.29 is 0 Å². The van der Waals surface area contributed by atoms with Gasteiger partial charge in [0, 0.05) is 18.8 Å². The van der Waals surface area contributed by atoms with Gasteiger partial charge in [-0.25, -0.2) is 0 Å². The van der Waals surface area contributed by atoms with Crippen LogP contribution in [0.4, 0.5) is 5.69 Å². The van der Waals surface area contributed by atoms with E-state index in [0.29, 0.717) is 5.41 Å². The molecule has 2 aliphatic rings. The highest BCUT2D eigenvalue weighted by atomic mass is 15.2. The quantitative estimate of drug-likeness (QED) is 0.761. The van der Waals surface area contributed by atoms with Gasteiger partial charge in [0.05, 0.1) is 0 Å². The van der Waals surface area contributed by atoms with Gasteiger partial charge in [0.15, 0.2) is 0 Å². The molecule has 1 saturated carbocycles. The van der Waals surface area contributed by atoms with Crippen molar-refractivity contribution in [3.8, 4) is 0 Å². The number of rotatable bonds is 3. The third kappa shape index (κ3) is 2.80. The molecule has 1 aliphatic heterocycles. The minimum Gasteiger partial charge on any atom is -0.371 e. The first kappa shape index (κ1) is 13.0. The third-order valence-corrected chi connectivity index (χ3v) is 5.05. The molecule has 1 spiro atoms. The Bertz CT molecular complexity index is 412. The van der Waals surface area contributed by atoms with E-state index in [1.165, 1.54) is 62.9 Å². The Hall–Kier alpha value is -0.980. The maximum Gasteiger partial charge on any atom is 0.0366 e. The molecule has 0 bridgehead atoms. The molecule has 3 rings (SSSR count). The van der Waals surface area contributed by atoms with Crippen molar-refractivity contribution in [1.82, 2.24) is 0 Å². The van der Waals surface area contributed by atoms with Crippen molar-refractivity contribution >= 4 is 5.69 Å². The molecule has 0 radical (unpaired) electrons. The highest BCUT2D eigenvalue weighted by Crippen LogP contribution is 2.46. The van der Waals surface area contributed by atoms with Crippen LogP contribution in [0, 0.1) is 11.3 Å². The molecule has 0 unspecified atom stereocenters. The van der Waals surface area contributed by atoms with Gasteiger partial charge in [0.1, 0.15) is 0 Å². The van der Waals surface area contributed by atoms with Crippen LogP contribution in [-0.4, -0.2) is 13.1 Å². The number of nitrogens with zero attached hydrogens (tertiary/aromatic N) is 1. The average molecular weight is 257 g/mol. The summed E-state index contributed by atoms with van der Waals surface area (Å²) in [5.41, 5.74) is 3.60. The summed E-state index contributed by atoms with van der Waals surface area (Å²) < 4.78 is 0. The van der Waals surface area contributed by atoms with Crippen molar-refractivity contribution in [3.05, 3.63) is 29.8 Å². The molecule has 1 aromatic carbocycles. The normalized spacial score (nSPS) is 21.7. The van der Waals surface area contributed by atoms with Crippen LogP contribution in [-0.2, 0) is 6.42 Å². The Labute approximate surface area is 118 Å². The van der Waals surface area contributed by atoms with Crippen molar-refractivity contribution in [1.29, 1.82) is 0 Å². The van der Waals surface area contributed by atoms with Gasteiger partial charge in [0.25, 0.3) is 0 Å². The van der Waals surface area contributed by atoms with Gasteiger partial charge >= 0.3 is 0 Å². The smallest absolute Gasteiger partial charge is 0.0366 e. The topological polar surface area (TPSA) is 3.24 Å². The van der Waals surface area contributed by atoms with Crippen LogP contribution >= 0.6 is 0 Å². The van der Waals surface area contributed by atoms with Gasteiger partial charge in [0.2, 0.25) is 0 Å². The Morgan fingerprint density at radius 1 is 1.05 bits per heavy atom. The maximum atomic E-state index is 2.62. The van der Waals surface area contributed by atoms with Crippen LogP contribution in [0.5, 0.6) is 0 Å². The summed E-state index contributed by atoms with van der Waals surface area (Å²) in [5, 5.41) is 0. The van der Waals surface area contributed by atoms with Crippen molar-refractivity contribution in [2.75, 3.05) is 18.0 Å². The molecule has 1 aliphatic carbocycles. The standard InChI is InChI=1S/C18H27N/c1-15(2)13-16-5-7-17(8-6-16)19-12-11-18(14-19)9-3-4-10-18/h5-8,15H,3-4,9-14H2,1-2H3. The van der Waals surface area contributed by atoms with Crippen LogP contribution in [0.15, 0.2) is 24.3 Å². The summed E-state index contributed by atoms with van der Waals surface area (Å²) in [6, 6.07) is 9.33. The second-order valence-corrected chi connectivity index (χ2v) is 7.14. The fourth-order valence-electron chi connectivity index (χ4n) is 4.00. The molecule has 2 fully saturated rings. The molecule has 0 atom stereocenters. The zero-order valence-corrected chi connectivity index (χ0v) is 12.5. The molecule has 0 aromatic heterocycles. The van der Waals surface area contributed by atoms with E-state index in [2.05, 4.69) is 43.0 Å². The van der Waals surface area contributed by atoms with E-state index >= 15 is 0 Å². The first-order valence-corrected chi connectivity index (χ1v) is 8.01. The second-order valence-electron chi connectivity index (χ2n) is 7.14. The Morgan fingerprint density at radius 3 is 2.37 bits per heavy atom. The molecule has 19 heavy (non-hydrogen) atoms. The number of hydrogen-bond donors (Lipinski definition) is 0. The molecule has 1 heteroatoms. The van der Waals surface area contributed by atoms with Gasteiger partial charge in [-0.1, -0.05) is 38.8 Å². The number of anilines is 1. The molecular weight excluding hydrogens is 230 g/mol. The SMILES string of the molecule is CC(C)Cc1ccc(N2CCC3(CCCC3)C2)cc1. The summed E-state index contributed by atoms with van der Waals surface area (Å²) in [6.45, 7) is 7.15. The largest absolute Gasteiger partial charge is 0.371 e. The van der Waals surface area contributed by atoms with E-state index in [0.717, 1.165) is 5.92 Å². The van der Waals surface area contributed by atoms with E-state index in [1.807, 2.05) is 0 Å². The molecule has 1 nitrogen and oxygen atoms in total. The summed E-state index contributed by atoms with van der Waals surface area (Å²) in [4.78, 5) is 2.62. The Balaban J connectivity index is 1.66. The van der Waals surface area contributed by atoms with Crippen LogP contribution < -0.4 is 4.90 Å². The molecule has 1 aromatic rings. The van der Waals surface area contributed by atoms with Crippen LogP contribution in [0.25, 0.3) is 0 Å². The molecular formula is C18H27N. The predicted molar refractivity (Wildman–Crippen MR) is 82.7 cm³/mol. The third-order valence-electron chi connectivity index (χ3n) is 5.05. The summed E-state index contributed by atoms with van der Waals surface area (Å²) in [6.07, 6.45) is 8.47. The van der Waals surface area contributed by atoms with E-state index in [1.54, 1.807) is 0 Å². The van der Waals surface area contributed by atoms with E-state index < -0.39 is 0 Å². The van der Waals surface area contributed by atoms with Gasteiger partial charge in [-0.3, -0.25) is 0 Å². The fraction of sp³-hybridized carbons (Fsp3) is 0.667. The first-order chi connectivity index (χ1) is 9.17. The fourth-order valence-corrected chi connectivity index (χ4v) is 4.00. The molecule has 0 amide bonds. The van der Waals surface area contributed by atoms with Gasteiger partial charge in [-0.05, 0) is 54.7 Å². The highest BCUT2D eigenvalue weighted by Gasteiger charge is 2.40. The van der Waals surface area contributed by atoms with E-state index in [9.17, 15) is 0 Å². The van der Waals surface area contributed by atoms with E-state index in [-0.39, 0.29) is 0 Å². The van der Waals surface area contributed by atoms with Crippen LogP contribution in [0.3, 0.4) is 0 Å². The Morgan fingerprint density at radius 2 is 1.74 bits per heavy atom. The summed E-state index contributed by atoms with van der Waals surface area (Å²) in [7, 11) is 0. The van der Waals surface area contributed by atoms with Gasteiger partial charge in [-0.15, -0.1) is 0 Å². The highest BCUT2D eigenvalue weighted by molar-refractivity contribution is 5.49. The summed E-state index contributed by atoms with van der Waals surface area (Å²) in [5.74, 6) is 0.749. The first-order valence-electron chi connectivity index (χ1n) is 8.01. The monoisotopic (exact) mass is 257 g/mol. The van der Waals surface area contributed by atoms with Crippen LogP contribution in [0.2, 0.25) is 0 Å². The van der Waals surface area contributed by atoms with Crippen molar-refractivity contribution in [3.63, 3.8) is 0 Å². The molecule has 104 valence electrons. The zero-order chi connectivity index (χ0) is 13.3. The van der Waals surface area contributed by atoms with E-state index in [4.69, 9.17) is 0 Å². The van der Waals surface area contributed by atoms with Crippen molar-refractivity contribution in [2.24, 2.45) is 11.3 Å². The maximum absolute atomic E-state index is 2.62. The molecule has 0 N–H and O–H groups in total. The Kier molecular flexibility index (Phi) is 3.56. The second kappa shape index (κ2) is 5.19. The lowest BCUT2D eigenvalue weighted by molar-refractivity contribution is 0.341. The minimum absolute atomic E-state index is 0.677. The summed E-state index contributed by atoms with van der Waals surface area (Å²) >= 11 is 0. The average Bonchev–Trinajstić information content (AvgIpc) is 3.01. The lowest BCUT2D eigenvalue weighted by atomic mass is 9.86.